The number of aliphatic hydroxyl groups is 1. The molecule has 2 aromatic rings. The molecular weight excluding hydrogens is 312 g/mol. The predicted molar refractivity (Wildman–Crippen MR) is 79.0 cm³/mol. The van der Waals surface area contributed by atoms with E-state index in [1.54, 1.807) is 24.5 Å². The maximum Gasteiger partial charge on any atom is 0.134 e. The Bertz CT molecular complexity index is 527. The van der Waals surface area contributed by atoms with Gasteiger partial charge in [-0.25, -0.2) is 4.98 Å². The van der Waals surface area contributed by atoms with E-state index >= 15 is 0 Å². The molecule has 5 heteroatoms. The molecule has 0 aliphatic rings. The van der Waals surface area contributed by atoms with E-state index in [1.165, 1.54) is 4.88 Å². The van der Waals surface area contributed by atoms with Gasteiger partial charge in [-0.2, -0.15) is 0 Å². The Labute approximate surface area is 119 Å². The number of aliphatic hydroxyl groups excluding tert-OH is 1. The molecule has 0 spiro atoms. The number of thiophene rings is 1. The summed E-state index contributed by atoms with van der Waals surface area (Å²) in [4.78, 5) is 7.67. The molecule has 1 atom stereocenters. The molecular formula is C13H15BrN2OS. The van der Waals surface area contributed by atoms with E-state index in [2.05, 4.69) is 37.3 Å². The minimum Gasteiger partial charge on any atom is -0.389 e. The van der Waals surface area contributed by atoms with Gasteiger partial charge >= 0.3 is 0 Å². The van der Waals surface area contributed by atoms with Crippen molar-refractivity contribution in [2.24, 2.45) is 0 Å². The molecule has 0 unspecified atom stereocenters. The summed E-state index contributed by atoms with van der Waals surface area (Å²) in [7, 11) is 1.99. The Morgan fingerprint density at radius 2 is 2.33 bits per heavy atom. The second-order valence-electron chi connectivity index (χ2n) is 4.18. The van der Waals surface area contributed by atoms with Crippen molar-refractivity contribution < 1.29 is 5.11 Å². The number of anilines is 1. The molecule has 2 heterocycles. The van der Waals surface area contributed by atoms with Gasteiger partial charge in [-0.3, -0.25) is 0 Å². The quantitative estimate of drug-likeness (QED) is 0.932. The van der Waals surface area contributed by atoms with E-state index in [0.29, 0.717) is 0 Å². The molecule has 1 N–H and O–H groups in total. The van der Waals surface area contributed by atoms with Gasteiger partial charge < -0.3 is 10.0 Å². The number of rotatable bonds is 4. The molecule has 0 fully saturated rings. The third-order valence-electron chi connectivity index (χ3n) is 2.64. The first-order valence-corrected chi connectivity index (χ1v) is 7.32. The fourth-order valence-corrected chi connectivity index (χ4v) is 3.30. The topological polar surface area (TPSA) is 36.4 Å². The zero-order valence-electron chi connectivity index (χ0n) is 10.3. The fourth-order valence-electron chi connectivity index (χ4n) is 1.80. The third kappa shape index (κ3) is 3.10. The second kappa shape index (κ2) is 5.82. The lowest BCUT2D eigenvalue weighted by molar-refractivity contribution is 0.199. The van der Waals surface area contributed by atoms with Crippen molar-refractivity contribution in [2.45, 2.75) is 19.6 Å². The number of hydrogen-bond acceptors (Lipinski definition) is 4. The van der Waals surface area contributed by atoms with Crippen LogP contribution in [0.5, 0.6) is 0 Å². The molecule has 0 aromatic carbocycles. The number of pyridine rings is 1. The number of hydrogen-bond donors (Lipinski definition) is 1. The first-order valence-electron chi connectivity index (χ1n) is 5.65. The molecule has 96 valence electrons. The lowest BCUT2D eigenvalue weighted by Crippen LogP contribution is -2.19. The molecule has 0 saturated heterocycles. The van der Waals surface area contributed by atoms with Crippen molar-refractivity contribution in [2.75, 3.05) is 11.9 Å². The van der Waals surface area contributed by atoms with Gasteiger partial charge in [0.05, 0.1) is 12.6 Å². The van der Waals surface area contributed by atoms with Crippen LogP contribution in [0.3, 0.4) is 0 Å². The van der Waals surface area contributed by atoms with Crippen LogP contribution in [0.25, 0.3) is 0 Å². The molecule has 0 aliphatic heterocycles. The van der Waals surface area contributed by atoms with E-state index in [0.717, 1.165) is 22.4 Å². The van der Waals surface area contributed by atoms with Crippen LogP contribution in [0.4, 0.5) is 5.82 Å². The van der Waals surface area contributed by atoms with Crippen molar-refractivity contribution in [3.8, 4) is 0 Å². The van der Waals surface area contributed by atoms with Crippen molar-refractivity contribution in [3.63, 3.8) is 0 Å². The van der Waals surface area contributed by atoms with Gasteiger partial charge in [0.25, 0.3) is 0 Å². The van der Waals surface area contributed by atoms with Crippen LogP contribution in [0.15, 0.2) is 34.2 Å². The van der Waals surface area contributed by atoms with Gasteiger partial charge in [-0.1, -0.05) is 6.07 Å². The summed E-state index contributed by atoms with van der Waals surface area (Å²) in [6, 6.07) is 5.86. The maximum absolute atomic E-state index is 9.75. The molecule has 2 rings (SSSR count). The van der Waals surface area contributed by atoms with Crippen LogP contribution in [0.2, 0.25) is 0 Å². The van der Waals surface area contributed by atoms with Crippen LogP contribution in [0.1, 0.15) is 23.5 Å². The van der Waals surface area contributed by atoms with E-state index in [-0.39, 0.29) is 0 Å². The molecule has 0 aliphatic carbocycles. The van der Waals surface area contributed by atoms with Crippen molar-refractivity contribution in [1.29, 1.82) is 0 Å². The maximum atomic E-state index is 9.75. The zero-order valence-corrected chi connectivity index (χ0v) is 12.7. The van der Waals surface area contributed by atoms with E-state index in [9.17, 15) is 5.11 Å². The van der Waals surface area contributed by atoms with Crippen molar-refractivity contribution in [3.05, 3.63) is 44.7 Å². The molecule has 0 saturated carbocycles. The average molecular weight is 327 g/mol. The third-order valence-corrected chi connectivity index (χ3v) is 4.33. The SMILES string of the molecule is C[C@H](O)c1cccnc1N(C)Cc1cc(Br)cs1. The highest BCUT2D eigenvalue weighted by Gasteiger charge is 2.13. The summed E-state index contributed by atoms with van der Waals surface area (Å²) in [6.07, 6.45) is 1.24. The monoisotopic (exact) mass is 326 g/mol. The van der Waals surface area contributed by atoms with Crippen LogP contribution in [-0.2, 0) is 6.54 Å². The smallest absolute Gasteiger partial charge is 0.134 e. The van der Waals surface area contributed by atoms with E-state index in [4.69, 9.17) is 0 Å². The normalized spacial score (nSPS) is 12.4. The van der Waals surface area contributed by atoms with Gasteiger partial charge in [0.2, 0.25) is 0 Å². The van der Waals surface area contributed by atoms with Gasteiger partial charge in [-0.05, 0) is 35.0 Å². The van der Waals surface area contributed by atoms with Gasteiger partial charge in [0.1, 0.15) is 5.82 Å². The number of aromatic nitrogens is 1. The Morgan fingerprint density at radius 1 is 1.56 bits per heavy atom. The highest BCUT2D eigenvalue weighted by atomic mass is 79.9. The average Bonchev–Trinajstić information content (AvgIpc) is 2.74. The Morgan fingerprint density at radius 3 is 2.94 bits per heavy atom. The highest BCUT2D eigenvalue weighted by molar-refractivity contribution is 9.10. The Kier molecular flexibility index (Phi) is 4.37. The first kappa shape index (κ1) is 13.5. The van der Waals surface area contributed by atoms with Crippen LogP contribution in [-0.4, -0.2) is 17.1 Å². The molecule has 0 radical (unpaired) electrons. The number of halogens is 1. The first-order chi connectivity index (χ1) is 8.58. The van der Waals surface area contributed by atoms with Gasteiger partial charge in [0.15, 0.2) is 0 Å². The minimum absolute atomic E-state index is 0.508. The summed E-state index contributed by atoms with van der Waals surface area (Å²) >= 11 is 5.16. The molecule has 18 heavy (non-hydrogen) atoms. The molecule has 0 amide bonds. The Hall–Kier alpha value is -0.910. The summed E-state index contributed by atoms with van der Waals surface area (Å²) in [6.45, 7) is 2.54. The van der Waals surface area contributed by atoms with Crippen molar-refractivity contribution in [1.82, 2.24) is 4.98 Å². The number of nitrogens with zero attached hydrogens (tertiary/aromatic N) is 2. The minimum atomic E-state index is -0.508. The predicted octanol–water partition coefficient (Wildman–Crippen LogP) is 3.60. The highest BCUT2D eigenvalue weighted by Crippen LogP contribution is 2.26. The van der Waals surface area contributed by atoms with Crippen LogP contribution >= 0.6 is 27.3 Å². The zero-order chi connectivity index (χ0) is 13.1. The standard InChI is InChI=1S/C13H15BrN2OS/c1-9(17)12-4-3-5-15-13(12)16(2)7-11-6-10(14)8-18-11/h3-6,8-9,17H,7H2,1-2H3/t9-/m0/s1. The molecule has 2 aromatic heterocycles. The summed E-state index contributed by atoms with van der Waals surface area (Å²) in [5, 5.41) is 11.8. The molecule has 3 nitrogen and oxygen atoms in total. The largest absolute Gasteiger partial charge is 0.389 e. The lowest BCUT2D eigenvalue weighted by Gasteiger charge is -2.21. The summed E-state index contributed by atoms with van der Waals surface area (Å²) in [5.41, 5.74) is 0.857. The van der Waals surface area contributed by atoms with Gasteiger partial charge in [0, 0.05) is 33.5 Å². The summed E-state index contributed by atoms with van der Waals surface area (Å²) < 4.78 is 1.10. The molecule has 0 bridgehead atoms. The van der Waals surface area contributed by atoms with Crippen LogP contribution < -0.4 is 4.90 Å². The fraction of sp³-hybridized carbons (Fsp3) is 0.308. The lowest BCUT2D eigenvalue weighted by atomic mass is 10.1. The second-order valence-corrected chi connectivity index (χ2v) is 6.09. The Balaban J connectivity index is 2.20. The van der Waals surface area contributed by atoms with Gasteiger partial charge in [-0.15, -0.1) is 11.3 Å². The van der Waals surface area contributed by atoms with Crippen molar-refractivity contribution >= 4 is 33.1 Å². The summed E-state index contributed by atoms with van der Waals surface area (Å²) in [5.74, 6) is 0.831. The van der Waals surface area contributed by atoms with E-state index in [1.807, 2.05) is 19.2 Å². The van der Waals surface area contributed by atoms with Crippen LogP contribution in [0, 0.1) is 0 Å². The van der Waals surface area contributed by atoms with E-state index < -0.39 is 6.10 Å².